The third-order valence-corrected chi connectivity index (χ3v) is 3.59. The van der Waals surface area contributed by atoms with Gasteiger partial charge < -0.3 is 4.90 Å². The lowest BCUT2D eigenvalue weighted by molar-refractivity contribution is 0.432. The maximum absolute atomic E-state index is 13.2. The summed E-state index contributed by atoms with van der Waals surface area (Å²) in [5.74, 6) is -0.193. The van der Waals surface area contributed by atoms with Crippen molar-refractivity contribution >= 4 is 5.84 Å². The van der Waals surface area contributed by atoms with Crippen LogP contribution in [0.15, 0.2) is 42.5 Å². The first-order chi connectivity index (χ1) is 9.63. The van der Waals surface area contributed by atoms with Gasteiger partial charge in [0.05, 0.1) is 0 Å². The molecule has 0 atom stereocenters. The fourth-order valence-electron chi connectivity index (χ4n) is 2.47. The van der Waals surface area contributed by atoms with Crippen molar-refractivity contribution in [2.24, 2.45) is 0 Å². The van der Waals surface area contributed by atoms with Crippen LogP contribution in [0.1, 0.15) is 16.7 Å². The van der Waals surface area contributed by atoms with Gasteiger partial charge in [0.1, 0.15) is 17.5 Å². The molecule has 1 heterocycles. The van der Waals surface area contributed by atoms with E-state index >= 15 is 0 Å². The summed E-state index contributed by atoms with van der Waals surface area (Å²) >= 11 is 0. The molecule has 0 saturated carbocycles. The maximum Gasteiger partial charge on any atom is 0.128 e. The van der Waals surface area contributed by atoms with Crippen LogP contribution in [0, 0.1) is 17.0 Å². The van der Waals surface area contributed by atoms with Crippen LogP contribution in [-0.2, 0) is 13.0 Å². The molecule has 2 aromatic carbocycles. The molecule has 0 bridgehead atoms. The first-order valence-electron chi connectivity index (χ1n) is 6.50. The highest BCUT2D eigenvalue weighted by molar-refractivity contribution is 6.00. The minimum Gasteiger partial charge on any atom is -0.352 e. The van der Waals surface area contributed by atoms with E-state index < -0.39 is 0 Å². The van der Waals surface area contributed by atoms with Crippen LogP contribution >= 0.6 is 0 Å². The van der Waals surface area contributed by atoms with Crippen molar-refractivity contribution in [3.8, 4) is 0 Å². The molecule has 2 aromatic rings. The van der Waals surface area contributed by atoms with Crippen LogP contribution in [0.3, 0.4) is 0 Å². The fourth-order valence-corrected chi connectivity index (χ4v) is 2.47. The number of benzene rings is 2. The van der Waals surface area contributed by atoms with E-state index in [1.165, 1.54) is 24.3 Å². The average Bonchev–Trinajstić information content (AvgIpc) is 2.75. The summed E-state index contributed by atoms with van der Waals surface area (Å²) in [6.07, 6.45) is 0.735. The van der Waals surface area contributed by atoms with Crippen molar-refractivity contribution in [3.05, 3.63) is 70.8 Å². The van der Waals surface area contributed by atoms with E-state index in [0.717, 1.165) is 17.5 Å². The van der Waals surface area contributed by atoms with E-state index in [1.54, 1.807) is 18.2 Å². The van der Waals surface area contributed by atoms with Gasteiger partial charge in [-0.25, -0.2) is 8.78 Å². The average molecular weight is 272 g/mol. The number of amidine groups is 1. The molecule has 0 spiro atoms. The molecule has 0 fully saturated rings. The molecule has 1 aliphatic heterocycles. The molecule has 1 N–H and O–H groups in total. The molecule has 0 unspecified atom stereocenters. The van der Waals surface area contributed by atoms with Crippen molar-refractivity contribution in [2.75, 3.05) is 6.54 Å². The molecule has 4 heteroatoms. The zero-order chi connectivity index (χ0) is 14.1. The van der Waals surface area contributed by atoms with Gasteiger partial charge in [0.25, 0.3) is 0 Å². The highest BCUT2D eigenvalue weighted by Gasteiger charge is 2.23. The predicted octanol–water partition coefficient (Wildman–Crippen LogP) is 3.35. The van der Waals surface area contributed by atoms with E-state index in [0.29, 0.717) is 24.5 Å². The lowest BCUT2D eigenvalue weighted by atomic mass is 10.1. The monoisotopic (exact) mass is 272 g/mol. The Labute approximate surface area is 116 Å². The zero-order valence-electron chi connectivity index (χ0n) is 10.9. The van der Waals surface area contributed by atoms with Gasteiger partial charge in [0, 0.05) is 18.7 Å². The van der Waals surface area contributed by atoms with Crippen LogP contribution in [0.2, 0.25) is 0 Å². The minimum absolute atomic E-state index is 0.245. The van der Waals surface area contributed by atoms with Crippen LogP contribution < -0.4 is 0 Å². The van der Waals surface area contributed by atoms with E-state index in [2.05, 4.69) is 0 Å². The fraction of sp³-hybridized carbons (Fsp3) is 0.188. The second-order valence-electron chi connectivity index (χ2n) is 4.95. The van der Waals surface area contributed by atoms with Gasteiger partial charge in [-0.3, -0.25) is 5.41 Å². The molecule has 0 amide bonds. The largest absolute Gasteiger partial charge is 0.352 e. The normalized spacial score (nSPS) is 13.7. The van der Waals surface area contributed by atoms with E-state index in [1.807, 2.05) is 4.90 Å². The number of nitrogens with zero attached hydrogens (tertiary/aromatic N) is 1. The van der Waals surface area contributed by atoms with Gasteiger partial charge >= 0.3 is 0 Å². The van der Waals surface area contributed by atoms with Gasteiger partial charge in [0.15, 0.2) is 0 Å². The van der Waals surface area contributed by atoms with Crippen molar-refractivity contribution < 1.29 is 8.78 Å². The summed E-state index contributed by atoms with van der Waals surface area (Å²) in [7, 11) is 0. The number of fused-ring (bicyclic) bond motifs is 1. The first-order valence-corrected chi connectivity index (χ1v) is 6.50. The lowest BCUT2D eigenvalue weighted by Crippen LogP contribution is -2.26. The molecule has 0 aliphatic carbocycles. The van der Waals surface area contributed by atoms with Gasteiger partial charge in [-0.05, 0) is 41.8 Å². The predicted molar refractivity (Wildman–Crippen MR) is 73.7 cm³/mol. The van der Waals surface area contributed by atoms with Crippen LogP contribution in [-0.4, -0.2) is 17.3 Å². The summed E-state index contributed by atoms with van der Waals surface area (Å²) in [6, 6.07) is 11.0. The Morgan fingerprint density at radius 2 is 1.70 bits per heavy atom. The summed E-state index contributed by atoms with van der Waals surface area (Å²) in [6.45, 7) is 1.30. The van der Waals surface area contributed by atoms with Crippen molar-refractivity contribution in [2.45, 2.75) is 13.0 Å². The van der Waals surface area contributed by atoms with E-state index in [-0.39, 0.29) is 11.6 Å². The standard InChI is InChI=1S/C16H14F2N2/c17-13-4-1-11(2-5-13)7-8-20-10-12-3-6-14(18)9-15(12)16(20)19/h1-6,9,19H,7-8,10H2. The number of rotatable bonds is 3. The summed E-state index contributed by atoms with van der Waals surface area (Å²) < 4.78 is 26.0. The van der Waals surface area contributed by atoms with Gasteiger partial charge in [-0.15, -0.1) is 0 Å². The van der Waals surface area contributed by atoms with Crippen LogP contribution in [0.25, 0.3) is 0 Å². The quantitative estimate of drug-likeness (QED) is 0.911. The van der Waals surface area contributed by atoms with Crippen LogP contribution in [0.4, 0.5) is 8.78 Å². The van der Waals surface area contributed by atoms with Crippen molar-refractivity contribution in [1.29, 1.82) is 5.41 Å². The summed E-state index contributed by atoms with van der Waals surface area (Å²) in [5.41, 5.74) is 2.68. The molecule has 0 radical (unpaired) electrons. The zero-order valence-corrected chi connectivity index (χ0v) is 10.9. The molecule has 102 valence electrons. The van der Waals surface area contributed by atoms with Gasteiger partial charge in [0.2, 0.25) is 0 Å². The maximum atomic E-state index is 13.2. The molecule has 20 heavy (non-hydrogen) atoms. The highest BCUT2D eigenvalue weighted by Crippen LogP contribution is 2.23. The Kier molecular flexibility index (Phi) is 3.22. The Bertz CT molecular complexity index is 650. The molecular weight excluding hydrogens is 258 g/mol. The number of hydrogen-bond donors (Lipinski definition) is 1. The van der Waals surface area contributed by atoms with Gasteiger partial charge in [-0.2, -0.15) is 0 Å². The van der Waals surface area contributed by atoms with Crippen molar-refractivity contribution in [3.63, 3.8) is 0 Å². The van der Waals surface area contributed by atoms with E-state index in [9.17, 15) is 8.78 Å². The Morgan fingerprint density at radius 3 is 2.45 bits per heavy atom. The summed E-state index contributed by atoms with van der Waals surface area (Å²) in [4.78, 5) is 1.91. The lowest BCUT2D eigenvalue weighted by Gasteiger charge is -2.17. The first kappa shape index (κ1) is 12.8. The van der Waals surface area contributed by atoms with Gasteiger partial charge in [-0.1, -0.05) is 18.2 Å². The summed E-state index contributed by atoms with van der Waals surface area (Å²) in [5, 5.41) is 8.08. The van der Waals surface area contributed by atoms with E-state index in [4.69, 9.17) is 5.41 Å². The molecular formula is C16H14F2N2. The Balaban J connectivity index is 1.69. The molecule has 0 saturated heterocycles. The number of halogens is 2. The molecule has 1 aliphatic rings. The molecule has 2 nitrogen and oxygen atoms in total. The van der Waals surface area contributed by atoms with Crippen LogP contribution in [0.5, 0.6) is 0 Å². The minimum atomic E-state index is -0.311. The number of hydrogen-bond acceptors (Lipinski definition) is 1. The Hall–Kier alpha value is -2.23. The molecule has 0 aromatic heterocycles. The topological polar surface area (TPSA) is 27.1 Å². The molecule has 3 rings (SSSR count). The Morgan fingerprint density at radius 1 is 1.00 bits per heavy atom. The third kappa shape index (κ3) is 2.41. The number of nitrogens with one attached hydrogen (secondary N) is 1. The second-order valence-corrected chi connectivity index (χ2v) is 4.95. The smallest absolute Gasteiger partial charge is 0.128 e. The highest BCUT2D eigenvalue weighted by atomic mass is 19.1. The van der Waals surface area contributed by atoms with Crippen molar-refractivity contribution in [1.82, 2.24) is 4.90 Å². The SMILES string of the molecule is N=C1c2cc(F)ccc2CN1CCc1ccc(F)cc1. The third-order valence-electron chi connectivity index (χ3n) is 3.59. The second kappa shape index (κ2) is 5.04.